The summed E-state index contributed by atoms with van der Waals surface area (Å²) in [6.45, 7) is 1.72. The first kappa shape index (κ1) is 17.3. The van der Waals surface area contributed by atoms with E-state index in [2.05, 4.69) is 5.32 Å². The van der Waals surface area contributed by atoms with Crippen LogP contribution in [0.2, 0.25) is 10.0 Å². The van der Waals surface area contributed by atoms with Gasteiger partial charge in [0.15, 0.2) is 0 Å². The van der Waals surface area contributed by atoms with Gasteiger partial charge in [0.1, 0.15) is 5.54 Å². The number of nitrogens with zero attached hydrogens (tertiary/aromatic N) is 2. The van der Waals surface area contributed by atoms with Gasteiger partial charge in [-0.3, -0.25) is 9.69 Å². The fraction of sp³-hybridized carbons (Fsp3) is 0.167. The van der Waals surface area contributed by atoms with Crippen LogP contribution in [0.25, 0.3) is 0 Å². The Balaban J connectivity index is 1.90. The van der Waals surface area contributed by atoms with Crippen molar-refractivity contribution in [2.45, 2.75) is 19.0 Å². The van der Waals surface area contributed by atoms with E-state index in [1.165, 1.54) is 6.07 Å². The van der Waals surface area contributed by atoms with Crippen LogP contribution in [0, 0.1) is 11.3 Å². The summed E-state index contributed by atoms with van der Waals surface area (Å²) in [5.41, 5.74) is 0.484. The van der Waals surface area contributed by atoms with Gasteiger partial charge in [-0.1, -0.05) is 41.4 Å². The van der Waals surface area contributed by atoms with Crippen LogP contribution in [-0.4, -0.2) is 16.8 Å². The van der Waals surface area contributed by atoms with Gasteiger partial charge in [0.25, 0.3) is 5.91 Å². The second-order valence-electron chi connectivity index (χ2n) is 5.88. The highest BCUT2D eigenvalue weighted by atomic mass is 35.5. The Morgan fingerprint density at radius 1 is 1.16 bits per heavy atom. The number of rotatable bonds is 3. The van der Waals surface area contributed by atoms with Gasteiger partial charge in [-0.15, -0.1) is 0 Å². The Bertz CT molecular complexity index is 906. The molecule has 2 aromatic carbocycles. The first-order chi connectivity index (χ1) is 11.8. The number of carbonyl (C=O) groups excluding carboxylic acids is 2. The maximum absolute atomic E-state index is 12.9. The molecule has 0 aromatic heterocycles. The zero-order chi connectivity index (χ0) is 18.2. The van der Waals surface area contributed by atoms with Crippen molar-refractivity contribution in [3.63, 3.8) is 0 Å². The largest absolute Gasteiger partial charge is 0.325 e. The van der Waals surface area contributed by atoms with Crippen molar-refractivity contribution in [1.29, 1.82) is 5.26 Å². The second-order valence-corrected chi connectivity index (χ2v) is 6.72. The van der Waals surface area contributed by atoms with E-state index in [9.17, 15) is 9.59 Å². The second kappa shape index (κ2) is 6.40. The Morgan fingerprint density at radius 2 is 1.84 bits per heavy atom. The molecule has 2 aromatic rings. The molecule has 3 amide bonds. The molecule has 1 aliphatic heterocycles. The number of halogens is 2. The van der Waals surface area contributed by atoms with Gasteiger partial charge < -0.3 is 5.32 Å². The summed E-state index contributed by atoms with van der Waals surface area (Å²) < 4.78 is 0. The van der Waals surface area contributed by atoms with E-state index in [4.69, 9.17) is 28.5 Å². The number of amides is 3. The molecule has 0 aliphatic carbocycles. The van der Waals surface area contributed by atoms with Crippen molar-refractivity contribution in [2.24, 2.45) is 0 Å². The molecule has 3 rings (SSSR count). The third-order valence-corrected chi connectivity index (χ3v) is 4.72. The summed E-state index contributed by atoms with van der Waals surface area (Å²) in [6, 6.07) is 13.0. The lowest BCUT2D eigenvalue weighted by molar-refractivity contribution is -0.131. The van der Waals surface area contributed by atoms with Crippen LogP contribution in [0.3, 0.4) is 0 Å². The monoisotopic (exact) mass is 373 g/mol. The van der Waals surface area contributed by atoms with Crippen LogP contribution < -0.4 is 5.32 Å². The number of hydrogen-bond donors (Lipinski definition) is 1. The van der Waals surface area contributed by atoms with Crippen LogP contribution in [-0.2, 0) is 16.9 Å². The molecule has 0 spiro atoms. The topological polar surface area (TPSA) is 73.2 Å². The van der Waals surface area contributed by atoms with Crippen molar-refractivity contribution in [3.8, 4) is 6.07 Å². The fourth-order valence-corrected chi connectivity index (χ4v) is 3.38. The highest BCUT2D eigenvalue weighted by molar-refractivity contribution is 6.35. The van der Waals surface area contributed by atoms with E-state index in [0.29, 0.717) is 21.2 Å². The van der Waals surface area contributed by atoms with Crippen molar-refractivity contribution >= 4 is 35.1 Å². The minimum Gasteiger partial charge on any atom is -0.319 e. The predicted octanol–water partition coefficient (Wildman–Crippen LogP) is 3.83. The highest BCUT2D eigenvalue weighted by Gasteiger charge is 2.49. The zero-order valence-electron chi connectivity index (χ0n) is 13.2. The Labute approximate surface area is 154 Å². The smallest absolute Gasteiger partial charge is 0.319 e. The highest BCUT2D eigenvalue weighted by Crippen LogP contribution is 2.35. The molecule has 1 aliphatic rings. The normalized spacial score (nSPS) is 19.7. The lowest BCUT2D eigenvalue weighted by atomic mass is 9.92. The molecule has 1 atom stereocenters. The maximum Gasteiger partial charge on any atom is 0.325 e. The van der Waals surface area contributed by atoms with Gasteiger partial charge in [-0.2, -0.15) is 5.26 Å². The Morgan fingerprint density at radius 3 is 2.44 bits per heavy atom. The van der Waals surface area contributed by atoms with Gasteiger partial charge >= 0.3 is 6.03 Å². The molecule has 0 saturated carbocycles. The number of imide groups is 1. The quantitative estimate of drug-likeness (QED) is 0.830. The minimum atomic E-state index is -1.26. The standard InChI is InChI=1S/C18H13Cl2N3O2/c1-18(14-7-6-13(19)8-15(14)20)16(24)23(17(25)22-18)10-12-4-2-11(9-21)3-5-12/h2-8H,10H2,1H3,(H,22,25)/t18-/m0/s1. The van der Waals surface area contributed by atoms with Crippen LogP contribution in [0.1, 0.15) is 23.6 Å². The molecule has 1 N–H and O–H groups in total. The number of carbonyl (C=O) groups is 2. The van der Waals surface area contributed by atoms with Crippen molar-refractivity contribution in [1.82, 2.24) is 10.2 Å². The summed E-state index contributed by atoms with van der Waals surface area (Å²) in [4.78, 5) is 26.4. The fourth-order valence-electron chi connectivity index (χ4n) is 2.79. The predicted molar refractivity (Wildman–Crippen MR) is 94.1 cm³/mol. The number of benzene rings is 2. The lowest BCUT2D eigenvalue weighted by Gasteiger charge is -2.23. The molecule has 126 valence electrons. The third-order valence-electron chi connectivity index (χ3n) is 4.17. The molecule has 25 heavy (non-hydrogen) atoms. The molecule has 0 radical (unpaired) electrons. The van der Waals surface area contributed by atoms with Gasteiger partial charge in [0.05, 0.1) is 18.2 Å². The molecule has 1 saturated heterocycles. The average molecular weight is 374 g/mol. The number of nitrogens with one attached hydrogen (secondary N) is 1. The molecule has 1 fully saturated rings. The van der Waals surface area contributed by atoms with E-state index in [0.717, 1.165) is 10.5 Å². The summed E-state index contributed by atoms with van der Waals surface area (Å²) in [5, 5.41) is 12.3. The molecule has 0 unspecified atom stereocenters. The number of nitriles is 1. The van der Waals surface area contributed by atoms with Crippen LogP contribution in [0.5, 0.6) is 0 Å². The van der Waals surface area contributed by atoms with Gasteiger partial charge in [0.2, 0.25) is 0 Å². The van der Waals surface area contributed by atoms with E-state index in [-0.39, 0.29) is 6.54 Å². The van der Waals surface area contributed by atoms with Crippen molar-refractivity contribution in [3.05, 3.63) is 69.2 Å². The molecule has 1 heterocycles. The van der Waals surface area contributed by atoms with Crippen molar-refractivity contribution < 1.29 is 9.59 Å². The van der Waals surface area contributed by atoms with E-state index in [1.807, 2.05) is 6.07 Å². The summed E-state index contributed by atoms with van der Waals surface area (Å²) in [5.74, 6) is -0.397. The minimum absolute atomic E-state index is 0.108. The third kappa shape index (κ3) is 3.07. The van der Waals surface area contributed by atoms with Gasteiger partial charge in [-0.25, -0.2) is 4.79 Å². The van der Waals surface area contributed by atoms with E-state index >= 15 is 0 Å². The zero-order valence-corrected chi connectivity index (χ0v) is 14.7. The average Bonchev–Trinajstić information content (AvgIpc) is 2.79. The molecule has 7 heteroatoms. The van der Waals surface area contributed by atoms with Gasteiger partial charge in [-0.05, 0) is 36.8 Å². The molecular formula is C18H13Cl2N3O2. The van der Waals surface area contributed by atoms with Crippen LogP contribution in [0.15, 0.2) is 42.5 Å². The first-order valence-corrected chi connectivity index (χ1v) is 8.19. The summed E-state index contributed by atoms with van der Waals surface area (Å²) in [6.07, 6.45) is 0. The summed E-state index contributed by atoms with van der Waals surface area (Å²) in [7, 11) is 0. The van der Waals surface area contributed by atoms with E-state index in [1.54, 1.807) is 43.3 Å². The van der Waals surface area contributed by atoms with Crippen LogP contribution >= 0.6 is 23.2 Å². The molecular weight excluding hydrogens is 361 g/mol. The first-order valence-electron chi connectivity index (χ1n) is 7.44. The number of urea groups is 1. The van der Waals surface area contributed by atoms with Crippen molar-refractivity contribution in [2.75, 3.05) is 0 Å². The Kier molecular flexibility index (Phi) is 4.42. The van der Waals surface area contributed by atoms with E-state index < -0.39 is 17.5 Å². The lowest BCUT2D eigenvalue weighted by Crippen LogP contribution is -2.41. The van der Waals surface area contributed by atoms with Gasteiger partial charge in [0, 0.05) is 15.6 Å². The maximum atomic E-state index is 12.9. The molecule has 0 bridgehead atoms. The Hall–Kier alpha value is -2.55. The number of hydrogen-bond acceptors (Lipinski definition) is 3. The van der Waals surface area contributed by atoms with Crippen LogP contribution in [0.4, 0.5) is 4.79 Å². The summed E-state index contributed by atoms with van der Waals surface area (Å²) >= 11 is 12.1. The SMILES string of the molecule is C[C@@]1(c2ccc(Cl)cc2Cl)NC(=O)N(Cc2ccc(C#N)cc2)C1=O. The molecule has 5 nitrogen and oxygen atoms in total.